The van der Waals surface area contributed by atoms with Crippen LogP contribution in [0.25, 0.3) is 0 Å². The van der Waals surface area contributed by atoms with Crippen LogP contribution in [0, 0.1) is 16.0 Å². The first-order valence-corrected chi connectivity index (χ1v) is 10.8. The van der Waals surface area contributed by atoms with Gasteiger partial charge in [0.1, 0.15) is 5.69 Å². The molecule has 8 nitrogen and oxygen atoms in total. The van der Waals surface area contributed by atoms with Gasteiger partial charge in [0.25, 0.3) is 5.69 Å². The van der Waals surface area contributed by atoms with Crippen LogP contribution >= 0.6 is 0 Å². The molecule has 0 amide bonds. The molecule has 0 radical (unpaired) electrons. The predicted molar refractivity (Wildman–Crippen MR) is 102 cm³/mol. The Hall–Kier alpha value is -1.71. The number of nitro benzene ring substituents is 1. The van der Waals surface area contributed by atoms with Crippen LogP contribution in [0.4, 0.5) is 11.4 Å². The number of benzene rings is 1. The first-order valence-electron chi connectivity index (χ1n) is 9.37. The Labute approximate surface area is 160 Å². The lowest BCUT2D eigenvalue weighted by atomic mass is 10.0. The molecule has 27 heavy (non-hydrogen) atoms. The number of piperidine rings is 1. The fourth-order valence-corrected chi connectivity index (χ4v) is 5.32. The molecule has 2 fully saturated rings. The van der Waals surface area contributed by atoms with Crippen molar-refractivity contribution < 1.29 is 18.1 Å². The molecule has 0 aliphatic carbocycles. The van der Waals surface area contributed by atoms with Gasteiger partial charge in [0.05, 0.1) is 22.0 Å². The molecular formula is C18H27N3O5S. The number of ether oxygens (including phenoxy) is 1. The second-order valence-electron chi connectivity index (χ2n) is 7.66. The molecule has 2 aliphatic rings. The fraction of sp³-hybridized carbons (Fsp3) is 0.667. The maximum Gasteiger partial charge on any atom is 0.293 e. The lowest BCUT2D eigenvalue weighted by Crippen LogP contribution is -2.45. The van der Waals surface area contributed by atoms with Crippen LogP contribution in [0.1, 0.15) is 33.6 Å². The molecular weight excluding hydrogens is 370 g/mol. The van der Waals surface area contributed by atoms with E-state index in [1.54, 1.807) is 6.07 Å². The van der Waals surface area contributed by atoms with E-state index in [9.17, 15) is 18.5 Å². The molecule has 1 aromatic carbocycles. The van der Waals surface area contributed by atoms with Gasteiger partial charge in [-0.15, -0.1) is 0 Å². The van der Waals surface area contributed by atoms with Crippen molar-refractivity contribution in [3.05, 3.63) is 28.3 Å². The molecule has 0 spiro atoms. The molecule has 0 saturated carbocycles. The summed E-state index contributed by atoms with van der Waals surface area (Å²) in [4.78, 5) is 13.0. The van der Waals surface area contributed by atoms with Crippen LogP contribution in [0.5, 0.6) is 0 Å². The van der Waals surface area contributed by atoms with Gasteiger partial charge >= 0.3 is 0 Å². The Morgan fingerprint density at radius 3 is 2.26 bits per heavy atom. The summed E-state index contributed by atoms with van der Waals surface area (Å²) in [6.07, 6.45) is 1.52. The number of nitrogens with zero attached hydrogens (tertiary/aromatic N) is 3. The van der Waals surface area contributed by atoms with Crippen LogP contribution in [-0.2, 0) is 14.8 Å². The van der Waals surface area contributed by atoms with E-state index >= 15 is 0 Å². The standard InChI is InChI=1S/C18H27N3O5S/c1-13-6-8-20(9-7-13)27(24,25)16-4-5-17(18(10-16)21(22)23)19-11-14(2)26-15(3)12-19/h4-5,10,13-15H,6-9,11-12H2,1-3H3/t14-,15-/m0/s1. The Kier molecular flexibility index (Phi) is 5.73. The highest BCUT2D eigenvalue weighted by Gasteiger charge is 2.32. The molecule has 0 N–H and O–H groups in total. The zero-order valence-electron chi connectivity index (χ0n) is 16.0. The second-order valence-corrected chi connectivity index (χ2v) is 9.59. The van der Waals surface area contributed by atoms with Gasteiger partial charge in [0.2, 0.25) is 10.0 Å². The highest BCUT2D eigenvalue weighted by Crippen LogP contribution is 2.34. The molecule has 0 bridgehead atoms. The van der Waals surface area contributed by atoms with Crippen LogP contribution in [0.2, 0.25) is 0 Å². The summed E-state index contributed by atoms with van der Waals surface area (Å²) >= 11 is 0. The van der Waals surface area contributed by atoms with Gasteiger partial charge in [0.15, 0.2) is 0 Å². The molecule has 1 aromatic rings. The average Bonchev–Trinajstić information content (AvgIpc) is 2.60. The zero-order valence-corrected chi connectivity index (χ0v) is 16.8. The summed E-state index contributed by atoms with van der Waals surface area (Å²) in [5.41, 5.74) is 0.260. The minimum atomic E-state index is -3.72. The van der Waals surface area contributed by atoms with Crippen LogP contribution in [0.3, 0.4) is 0 Å². The van der Waals surface area contributed by atoms with Gasteiger partial charge in [0, 0.05) is 32.2 Å². The monoisotopic (exact) mass is 397 g/mol. The van der Waals surface area contributed by atoms with E-state index in [4.69, 9.17) is 4.74 Å². The van der Waals surface area contributed by atoms with Gasteiger partial charge in [-0.3, -0.25) is 10.1 Å². The molecule has 150 valence electrons. The zero-order chi connectivity index (χ0) is 19.8. The molecule has 0 unspecified atom stereocenters. The van der Waals surface area contributed by atoms with Crippen molar-refractivity contribution >= 4 is 21.4 Å². The minimum absolute atomic E-state index is 0.0122. The average molecular weight is 397 g/mol. The molecule has 9 heteroatoms. The van der Waals surface area contributed by atoms with E-state index in [0.29, 0.717) is 37.8 Å². The Bertz CT molecular complexity index is 795. The third-order valence-corrected chi connectivity index (χ3v) is 7.18. The van der Waals surface area contributed by atoms with Crippen LogP contribution in [0.15, 0.2) is 23.1 Å². The number of anilines is 1. The quantitative estimate of drug-likeness (QED) is 0.573. The minimum Gasteiger partial charge on any atom is -0.372 e. The van der Waals surface area contributed by atoms with Gasteiger partial charge < -0.3 is 9.64 Å². The second kappa shape index (κ2) is 7.73. The van der Waals surface area contributed by atoms with Crippen molar-refractivity contribution in [3.63, 3.8) is 0 Å². The van der Waals surface area contributed by atoms with E-state index in [1.165, 1.54) is 16.4 Å². The van der Waals surface area contributed by atoms with Crippen molar-refractivity contribution in [1.82, 2.24) is 4.31 Å². The van der Waals surface area contributed by atoms with E-state index in [0.717, 1.165) is 12.8 Å². The first kappa shape index (κ1) is 20.0. The topological polar surface area (TPSA) is 93.0 Å². The highest BCUT2D eigenvalue weighted by atomic mass is 32.2. The number of hydrogen-bond acceptors (Lipinski definition) is 6. The summed E-state index contributed by atoms with van der Waals surface area (Å²) in [5, 5.41) is 11.7. The Morgan fingerprint density at radius 2 is 1.70 bits per heavy atom. The molecule has 3 rings (SSSR count). The molecule has 2 heterocycles. The molecule has 0 aromatic heterocycles. The summed E-state index contributed by atoms with van der Waals surface area (Å²) in [5.74, 6) is 0.499. The summed E-state index contributed by atoms with van der Waals surface area (Å²) in [6, 6.07) is 4.25. The maximum atomic E-state index is 12.9. The lowest BCUT2D eigenvalue weighted by molar-refractivity contribution is -0.384. The van der Waals surface area contributed by atoms with Crippen molar-refractivity contribution in [3.8, 4) is 0 Å². The van der Waals surface area contributed by atoms with E-state index in [-0.39, 0.29) is 22.8 Å². The smallest absolute Gasteiger partial charge is 0.293 e. The summed E-state index contributed by atoms with van der Waals surface area (Å²) < 4.78 is 33.0. The first-order chi connectivity index (χ1) is 12.7. The summed E-state index contributed by atoms with van der Waals surface area (Å²) in [7, 11) is -3.72. The van der Waals surface area contributed by atoms with Gasteiger partial charge in [-0.2, -0.15) is 4.31 Å². The van der Waals surface area contributed by atoms with Crippen molar-refractivity contribution in [2.75, 3.05) is 31.1 Å². The van der Waals surface area contributed by atoms with E-state index < -0.39 is 14.9 Å². The molecule has 2 aliphatic heterocycles. The third kappa shape index (κ3) is 4.25. The normalized spacial score (nSPS) is 25.5. The highest BCUT2D eigenvalue weighted by molar-refractivity contribution is 7.89. The summed E-state index contributed by atoms with van der Waals surface area (Å²) in [6.45, 7) is 7.92. The maximum absolute atomic E-state index is 12.9. The number of sulfonamides is 1. The van der Waals surface area contributed by atoms with E-state index in [1.807, 2.05) is 18.7 Å². The van der Waals surface area contributed by atoms with E-state index in [2.05, 4.69) is 6.92 Å². The van der Waals surface area contributed by atoms with Crippen LogP contribution < -0.4 is 4.90 Å². The van der Waals surface area contributed by atoms with Gasteiger partial charge in [-0.1, -0.05) is 6.92 Å². The largest absolute Gasteiger partial charge is 0.372 e. The number of hydrogen-bond donors (Lipinski definition) is 0. The number of morpholine rings is 1. The van der Waals surface area contributed by atoms with Gasteiger partial charge in [-0.25, -0.2) is 8.42 Å². The van der Waals surface area contributed by atoms with Crippen molar-refractivity contribution in [2.45, 2.75) is 50.7 Å². The Morgan fingerprint density at radius 1 is 1.11 bits per heavy atom. The van der Waals surface area contributed by atoms with Gasteiger partial charge in [-0.05, 0) is 44.7 Å². The lowest BCUT2D eigenvalue weighted by Gasteiger charge is -2.36. The number of nitro groups is 1. The fourth-order valence-electron chi connectivity index (χ4n) is 3.83. The number of rotatable bonds is 4. The SMILES string of the molecule is CC1CCN(S(=O)(=O)c2ccc(N3C[C@H](C)O[C@@H](C)C3)c([N+](=O)[O-])c2)CC1. The molecule has 2 saturated heterocycles. The third-order valence-electron chi connectivity index (χ3n) is 5.28. The Balaban J connectivity index is 1.93. The predicted octanol–water partition coefficient (Wildman–Crippen LogP) is 2.63. The van der Waals surface area contributed by atoms with Crippen molar-refractivity contribution in [1.29, 1.82) is 0 Å². The van der Waals surface area contributed by atoms with Crippen molar-refractivity contribution in [2.24, 2.45) is 5.92 Å². The van der Waals surface area contributed by atoms with Crippen LogP contribution in [-0.4, -0.2) is 56.0 Å². The molecule has 2 atom stereocenters.